The highest BCUT2D eigenvalue weighted by molar-refractivity contribution is 9.10. The molecule has 3 aromatic carbocycles. The van der Waals surface area contributed by atoms with Crippen LogP contribution in [-0.4, -0.2) is 30.1 Å². The van der Waals surface area contributed by atoms with E-state index in [0.29, 0.717) is 16.6 Å². The van der Waals surface area contributed by atoms with Crippen LogP contribution < -0.4 is 10.1 Å². The fourth-order valence-electron chi connectivity index (χ4n) is 3.30. The van der Waals surface area contributed by atoms with Crippen molar-refractivity contribution >= 4 is 44.4 Å². The van der Waals surface area contributed by atoms with Crippen LogP contribution in [0.1, 0.15) is 10.4 Å². The van der Waals surface area contributed by atoms with Gasteiger partial charge in [-0.25, -0.2) is 9.78 Å². The van der Waals surface area contributed by atoms with Gasteiger partial charge in [0.25, 0.3) is 5.91 Å². The molecule has 0 bridgehead atoms. The van der Waals surface area contributed by atoms with Crippen LogP contribution in [0.3, 0.4) is 0 Å². The molecule has 4 rings (SSSR count). The first-order valence-electron chi connectivity index (χ1n) is 10.1. The van der Waals surface area contributed by atoms with Gasteiger partial charge in [-0.05, 0) is 36.4 Å². The van der Waals surface area contributed by atoms with Gasteiger partial charge < -0.3 is 14.8 Å². The number of aromatic nitrogens is 1. The van der Waals surface area contributed by atoms with Crippen molar-refractivity contribution in [2.75, 3.05) is 11.9 Å². The van der Waals surface area contributed by atoms with Gasteiger partial charge in [0.05, 0.1) is 22.5 Å². The normalized spacial score (nSPS) is 10.8. The predicted octanol–water partition coefficient (Wildman–Crippen LogP) is 6.06. The Morgan fingerprint density at radius 1 is 0.971 bits per heavy atom. The van der Waals surface area contributed by atoms with Crippen LogP contribution >= 0.6 is 15.9 Å². The third kappa shape index (κ3) is 5.55. The first-order chi connectivity index (χ1) is 16.4. The van der Waals surface area contributed by atoms with E-state index in [9.17, 15) is 18.4 Å². The van der Waals surface area contributed by atoms with Crippen LogP contribution in [0.4, 0.5) is 14.5 Å². The van der Waals surface area contributed by atoms with Gasteiger partial charge in [-0.1, -0.05) is 58.4 Å². The third-order valence-corrected chi connectivity index (χ3v) is 5.26. The maximum Gasteiger partial charge on any atom is 0.387 e. The fraction of sp³-hybridized carbons (Fsp3) is 0.0800. The maximum atomic E-state index is 12.9. The molecule has 1 N–H and O–H groups in total. The van der Waals surface area contributed by atoms with Gasteiger partial charge in [-0.3, -0.25) is 4.79 Å². The number of ether oxygens (including phenoxy) is 2. The van der Waals surface area contributed by atoms with E-state index in [-0.39, 0.29) is 17.0 Å². The highest BCUT2D eigenvalue weighted by Gasteiger charge is 2.18. The van der Waals surface area contributed by atoms with Crippen molar-refractivity contribution in [3.05, 3.63) is 88.9 Å². The summed E-state index contributed by atoms with van der Waals surface area (Å²) < 4.78 is 35.6. The van der Waals surface area contributed by atoms with Gasteiger partial charge in [0, 0.05) is 15.4 Å². The van der Waals surface area contributed by atoms with Crippen molar-refractivity contribution in [1.82, 2.24) is 4.98 Å². The number of esters is 1. The first-order valence-corrected chi connectivity index (χ1v) is 10.9. The standard InChI is InChI=1S/C25H17BrF2N2O4/c26-16-7-5-6-15(12-16)21-13-18(17-8-1-2-9-19(17)29-21)24(32)33-14-23(31)30-20-10-3-4-11-22(20)34-25(27)28/h1-13,25H,14H2,(H,30,31). The van der Waals surface area contributed by atoms with Gasteiger partial charge >= 0.3 is 12.6 Å². The molecule has 0 aliphatic heterocycles. The summed E-state index contributed by atoms with van der Waals surface area (Å²) in [7, 11) is 0. The Kier molecular flexibility index (Phi) is 7.12. The number of fused-ring (bicyclic) bond motifs is 1. The van der Waals surface area contributed by atoms with Crippen LogP contribution in [-0.2, 0) is 9.53 Å². The molecule has 4 aromatic rings. The summed E-state index contributed by atoms with van der Waals surface area (Å²) in [6, 6.07) is 21.9. The number of carbonyl (C=O) groups excluding carboxylic acids is 2. The molecule has 0 saturated heterocycles. The zero-order valence-corrected chi connectivity index (χ0v) is 19.1. The largest absolute Gasteiger partial charge is 0.452 e. The number of nitrogens with one attached hydrogen (secondary N) is 1. The summed E-state index contributed by atoms with van der Waals surface area (Å²) in [5.41, 5.74) is 2.23. The number of halogens is 3. The second kappa shape index (κ2) is 10.4. The van der Waals surface area contributed by atoms with E-state index in [0.717, 1.165) is 10.0 Å². The number of amides is 1. The van der Waals surface area contributed by atoms with Gasteiger partial charge in [-0.15, -0.1) is 0 Å². The van der Waals surface area contributed by atoms with E-state index >= 15 is 0 Å². The van der Waals surface area contributed by atoms with Crippen LogP contribution in [0, 0.1) is 0 Å². The number of hydrogen-bond acceptors (Lipinski definition) is 5. The minimum atomic E-state index is -3.05. The first kappa shape index (κ1) is 23.3. The van der Waals surface area contributed by atoms with Crippen molar-refractivity contribution in [2.24, 2.45) is 0 Å². The maximum absolute atomic E-state index is 12.9. The van der Waals surface area contributed by atoms with Crippen LogP contribution in [0.5, 0.6) is 5.75 Å². The highest BCUT2D eigenvalue weighted by atomic mass is 79.9. The van der Waals surface area contributed by atoms with Crippen LogP contribution in [0.15, 0.2) is 83.3 Å². The van der Waals surface area contributed by atoms with Crippen LogP contribution in [0.2, 0.25) is 0 Å². The average molecular weight is 527 g/mol. The smallest absolute Gasteiger partial charge is 0.387 e. The molecule has 6 nitrogen and oxygen atoms in total. The number of alkyl halides is 2. The highest BCUT2D eigenvalue weighted by Crippen LogP contribution is 2.28. The minimum absolute atomic E-state index is 0.0372. The summed E-state index contributed by atoms with van der Waals surface area (Å²) in [6.07, 6.45) is 0. The number of para-hydroxylation sites is 3. The van der Waals surface area contributed by atoms with Gasteiger partial charge in [0.1, 0.15) is 5.75 Å². The zero-order valence-electron chi connectivity index (χ0n) is 17.5. The predicted molar refractivity (Wildman–Crippen MR) is 127 cm³/mol. The number of pyridine rings is 1. The lowest BCUT2D eigenvalue weighted by molar-refractivity contribution is -0.119. The van der Waals surface area contributed by atoms with E-state index in [1.54, 1.807) is 30.3 Å². The molecule has 0 aliphatic rings. The number of anilines is 1. The summed E-state index contributed by atoms with van der Waals surface area (Å²) in [6.45, 7) is -3.67. The molecular formula is C25H17BrF2N2O4. The Balaban J connectivity index is 1.54. The third-order valence-electron chi connectivity index (χ3n) is 4.77. The molecule has 34 heavy (non-hydrogen) atoms. The molecule has 0 fully saturated rings. The SMILES string of the molecule is O=C(COC(=O)c1cc(-c2cccc(Br)c2)nc2ccccc12)Nc1ccccc1OC(F)F. The van der Waals surface area contributed by atoms with E-state index in [1.165, 1.54) is 18.2 Å². The Labute approximate surface area is 201 Å². The number of benzene rings is 3. The number of hydrogen-bond donors (Lipinski definition) is 1. The van der Waals surface area contributed by atoms with Crippen LogP contribution in [0.25, 0.3) is 22.2 Å². The molecule has 1 aromatic heterocycles. The van der Waals surface area contributed by atoms with E-state index in [4.69, 9.17) is 4.74 Å². The molecule has 0 saturated carbocycles. The topological polar surface area (TPSA) is 77.5 Å². The Hall–Kier alpha value is -3.85. The Morgan fingerprint density at radius 2 is 1.74 bits per heavy atom. The van der Waals surface area contributed by atoms with E-state index < -0.39 is 25.1 Å². The Bertz CT molecular complexity index is 1360. The number of rotatable bonds is 7. The van der Waals surface area contributed by atoms with Crippen molar-refractivity contribution < 1.29 is 27.8 Å². The molecule has 0 unspecified atom stereocenters. The quantitative estimate of drug-likeness (QED) is 0.296. The number of nitrogens with zero attached hydrogens (tertiary/aromatic N) is 1. The van der Waals surface area contributed by atoms with Gasteiger partial charge in [-0.2, -0.15) is 8.78 Å². The molecule has 1 heterocycles. The summed E-state index contributed by atoms with van der Waals surface area (Å²) in [4.78, 5) is 29.9. The lowest BCUT2D eigenvalue weighted by Crippen LogP contribution is -2.21. The lowest BCUT2D eigenvalue weighted by atomic mass is 10.0. The van der Waals surface area contributed by atoms with Gasteiger partial charge in [0.2, 0.25) is 0 Å². The van der Waals surface area contributed by atoms with Gasteiger partial charge in [0.15, 0.2) is 6.61 Å². The number of carbonyl (C=O) groups is 2. The second-order valence-electron chi connectivity index (χ2n) is 7.08. The molecule has 0 spiro atoms. The summed E-state index contributed by atoms with van der Waals surface area (Å²) >= 11 is 3.43. The average Bonchev–Trinajstić information content (AvgIpc) is 2.83. The molecule has 0 radical (unpaired) electrons. The Morgan fingerprint density at radius 3 is 2.53 bits per heavy atom. The molecular weight excluding hydrogens is 510 g/mol. The minimum Gasteiger partial charge on any atom is -0.452 e. The van der Waals surface area contributed by atoms with Crippen molar-refractivity contribution in [3.63, 3.8) is 0 Å². The van der Waals surface area contributed by atoms with Crippen molar-refractivity contribution in [2.45, 2.75) is 6.61 Å². The molecule has 9 heteroatoms. The summed E-state index contributed by atoms with van der Waals surface area (Å²) in [5.74, 6) is -1.62. The molecule has 1 amide bonds. The second-order valence-corrected chi connectivity index (χ2v) is 8.00. The lowest BCUT2D eigenvalue weighted by Gasteiger charge is -2.12. The fourth-order valence-corrected chi connectivity index (χ4v) is 3.70. The molecule has 0 atom stereocenters. The van der Waals surface area contributed by atoms with Crippen molar-refractivity contribution in [1.29, 1.82) is 0 Å². The van der Waals surface area contributed by atoms with E-state index in [2.05, 4.69) is 31.0 Å². The summed E-state index contributed by atoms with van der Waals surface area (Å²) in [5, 5.41) is 2.98. The van der Waals surface area contributed by atoms with Crippen molar-refractivity contribution in [3.8, 4) is 17.0 Å². The monoisotopic (exact) mass is 526 g/mol. The molecule has 0 aliphatic carbocycles. The zero-order chi connectivity index (χ0) is 24.1. The van der Waals surface area contributed by atoms with E-state index in [1.807, 2.05) is 30.3 Å². The molecule has 172 valence electrons.